The van der Waals surface area contributed by atoms with Crippen molar-refractivity contribution >= 4 is 23.7 Å². The van der Waals surface area contributed by atoms with Crippen LogP contribution in [-0.2, 0) is 4.79 Å². The molecule has 0 radical (unpaired) electrons. The fourth-order valence-corrected chi connectivity index (χ4v) is 1.67. The van der Waals surface area contributed by atoms with E-state index >= 15 is 0 Å². The third-order valence-corrected chi connectivity index (χ3v) is 2.30. The van der Waals surface area contributed by atoms with Gasteiger partial charge < -0.3 is 0 Å². The number of aldehydes is 1. The minimum Gasteiger partial charge on any atom is -0.299 e. The number of aryl methyl sites for hydroxylation is 2. The van der Waals surface area contributed by atoms with Gasteiger partial charge >= 0.3 is 0 Å². The van der Waals surface area contributed by atoms with E-state index in [9.17, 15) is 4.79 Å². The molecule has 0 aliphatic carbocycles. The number of carbonyl (C=O) groups excluding carboxylic acids is 1. The molecule has 0 aliphatic heterocycles. The van der Waals surface area contributed by atoms with Gasteiger partial charge in [-0.25, -0.2) is 4.98 Å². The van der Waals surface area contributed by atoms with Crippen molar-refractivity contribution in [2.45, 2.75) is 13.8 Å². The summed E-state index contributed by atoms with van der Waals surface area (Å²) in [4.78, 5) is 15.3. The minimum absolute atomic E-state index is 0.772. The van der Waals surface area contributed by atoms with Crippen molar-refractivity contribution in [3.8, 4) is 0 Å². The molecular formula is C8H9NOS. The van der Waals surface area contributed by atoms with Crippen molar-refractivity contribution in [1.82, 2.24) is 4.98 Å². The third-order valence-electron chi connectivity index (χ3n) is 1.27. The molecule has 1 aromatic rings. The lowest BCUT2D eigenvalue weighted by Crippen LogP contribution is -1.73. The molecule has 3 heteroatoms. The number of aromatic nitrogens is 1. The Morgan fingerprint density at radius 2 is 2.18 bits per heavy atom. The maximum Gasteiger partial charge on any atom is 0.142 e. The summed E-state index contributed by atoms with van der Waals surface area (Å²) in [5, 5.41) is 1.04. The number of allylic oxidation sites excluding steroid dienone is 1. The Hall–Kier alpha value is -0.960. The first-order valence-corrected chi connectivity index (χ1v) is 4.11. The fraction of sp³-hybridized carbons (Fsp3) is 0.250. The molecule has 0 saturated carbocycles. The van der Waals surface area contributed by atoms with Gasteiger partial charge in [-0.05, 0) is 26.0 Å². The molecule has 1 rings (SSSR count). The average molecular weight is 167 g/mol. The van der Waals surface area contributed by atoms with Gasteiger partial charge in [-0.15, -0.1) is 11.3 Å². The molecular weight excluding hydrogens is 158 g/mol. The predicted molar refractivity (Wildman–Crippen MR) is 46.7 cm³/mol. The molecule has 11 heavy (non-hydrogen) atoms. The first-order chi connectivity index (χ1) is 5.24. The minimum atomic E-state index is 0.772. The molecule has 0 bridgehead atoms. The van der Waals surface area contributed by atoms with Gasteiger partial charge in [0.05, 0.1) is 15.6 Å². The van der Waals surface area contributed by atoms with E-state index in [1.807, 2.05) is 13.8 Å². The van der Waals surface area contributed by atoms with Crippen LogP contribution in [0.15, 0.2) is 6.08 Å². The number of hydrogen-bond donors (Lipinski definition) is 0. The Bertz CT molecular complexity index is 288. The quantitative estimate of drug-likeness (QED) is 0.498. The van der Waals surface area contributed by atoms with E-state index in [2.05, 4.69) is 4.98 Å². The highest BCUT2D eigenvalue weighted by Crippen LogP contribution is 2.17. The predicted octanol–water partition coefficient (Wildman–Crippen LogP) is 1.97. The summed E-state index contributed by atoms with van der Waals surface area (Å²) in [6.45, 7) is 3.89. The molecule has 1 heterocycles. The molecule has 0 spiro atoms. The molecule has 0 N–H and O–H groups in total. The van der Waals surface area contributed by atoms with Gasteiger partial charge in [-0.3, -0.25) is 4.79 Å². The van der Waals surface area contributed by atoms with Crippen LogP contribution in [0, 0.1) is 13.8 Å². The SMILES string of the molecule is Cc1nc(C)c(/C=C/C=O)s1. The average Bonchev–Trinajstić information content (AvgIpc) is 2.26. The highest BCUT2D eigenvalue weighted by atomic mass is 32.1. The number of thiazole rings is 1. The standard InChI is InChI=1S/C8H9NOS/c1-6-8(4-3-5-10)11-7(2)9-6/h3-5H,1-2H3/b4-3+. The van der Waals surface area contributed by atoms with Crippen molar-refractivity contribution in [1.29, 1.82) is 0 Å². The van der Waals surface area contributed by atoms with E-state index in [0.717, 1.165) is 21.9 Å². The maximum absolute atomic E-state index is 9.99. The van der Waals surface area contributed by atoms with Crippen molar-refractivity contribution in [2.24, 2.45) is 0 Å². The second kappa shape index (κ2) is 3.44. The van der Waals surface area contributed by atoms with Crippen LogP contribution in [0.1, 0.15) is 15.6 Å². The molecule has 58 valence electrons. The van der Waals surface area contributed by atoms with Crippen LogP contribution >= 0.6 is 11.3 Å². The lowest BCUT2D eigenvalue weighted by molar-refractivity contribution is -0.104. The number of rotatable bonds is 2. The lowest BCUT2D eigenvalue weighted by Gasteiger charge is -1.82. The Balaban J connectivity index is 2.93. The molecule has 0 atom stereocenters. The van der Waals surface area contributed by atoms with E-state index in [1.165, 1.54) is 6.08 Å². The van der Waals surface area contributed by atoms with Crippen molar-refractivity contribution in [3.63, 3.8) is 0 Å². The van der Waals surface area contributed by atoms with Crippen LogP contribution in [-0.4, -0.2) is 11.3 Å². The summed E-state index contributed by atoms with van der Waals surface area (Å²) >= 11 is 1.60. The van der Waals surface area contributed by atoms with Gasteiger partial charge in [-0.1, -0.05) is 0 Å². The zero-order valence-electron chi connectivity index (χ0n) is 6.50. The van der Waals surface area contributed by atoms with Gasteiger partial charge in [0.2, 0.25) is 0 Å². The zero-order valence-corrected chi connectivity index (χ0v) is 7.31. The summed E-state index contributed by atoms with van der Waals surface area (Å²) < 4.78 is 0. The second-order valence-electron chi connectivity index (χ2n) is 2.18. The Labute approximate surface area is 69.6 Å². The van der Waals surface area contributed by atoms with Crippen LogP contribution in [0.25, 0.3) is 6.08 Å². The Morgan fingerprint density at radius 1 is 1.45 bits per heavy atom. The molecule has 0 unspecified atom stereocenters. The molecule has 0 amide bonds. The molecule has 2 nitrogen and oxygen atoms in total. The smallest absolute Gasteiger partial charge is 0.142 e. The summed E-state index contributed by atoms with van der Waals surface area (Å²) in [6.07, 6.45) is 4.04. The molecule has 1 aromatic heterocycles. The van der Waals surface area contributed by atoms with Gasteiger partial charge in [0.1, 0.15) is 6.29 Å². The van der Waals surface area contributed by atoms with E-state index < -0.39 is 0 Å². The van der Waals surface area contributed by atoms with E-state index in [1.54, 1.807) is 17.4 Å². The number of hydrogen-bond acceptors (Lipinski definition) is 3. The monoisotopic (exact) mass is 167 g/mol. The fourth-order valence-electron chi connectivity index (χ4n) is 0.828. The first kappa shape index (κ1) is 8.14. The normalized spacial score (nSPS) is 10.7. The van der Waals surface area contributed by atoms with Crippen LogP contribution < -0.4 is 0 Å². The number of carbonyl (C=O) groups is 1. The summed E-state index contributed by atoms with van der Waals surface area (Å²) in [5.74, 6) is 0. The lowest BCUT2D eigenvalue weighted by atomic mass is 10.3. The van der Waals surface area contributed by atoms with Crippen LogP contribution in [0.3, 0.4) is 0 Å². The summed E-state index contributed by atoms with van der Waals surface area (Å²) in [7, 11) is 0. The van der Waals surface area contributed by atoms with E-state index in [4.69, 9.17) is 0 Å². The molecule has 0 saturated heterocycles. The Morgan fingerprint density at radius 3 is 2.64 bits per heavy atom. The van der Waals surface area contributed by atoms with Crippen LogP contribution in [0.4, 0.5) is 0 Å². The molecule has 0 aliphatic rings. The zero-order chi connectivity index (χ0) is 8.27. The van der Waals surface area contributed by atoms with Gasteiger partial charge in [0.25, 0.3) is 0 Å². The largest absolute Gasteiger partial charge is 0.299 e. The van der Waals surface area contributed by atoms with Crippen molar-refractivity contribution < 1.29 is 4.79 Å². The highest BCUT2D eigenvalue weighted by molar-refractivity contribution is 7.12. The summed E-state index contributed by atoms with van der Waals surface area (Å²) in [6, 6.07) is 0. The Kier molecular flexibility index (Phi) is 2.54. The first-order valence-electron chi connectivity index (χ1n) is 3.30. The third kappa shape index (κ3) is 1.98. The van der Waals surface area contributed by atoms with Crippen molar-refractivity contribution in [3.05, 3.63) is 21.7 Å². The van der Waals surface area contributed by atoms with E-state index in [-0.39, 0.29) is 0 Å². The van der Waals surface area contributed by atoms with Gasteiger partial charge in [0, 0.05) is 0 Å². The van der Waals surface area contributed by atoms with Crippen LogP contribution in [0.5, 0.6) is 0 Å². The topological polar surface area (TPSA) is 30.0 Å². The number of nitrogens with zero attached hydrogens (tertiary/aromatic N) is 1. The summed E-state index contributed by atoms with van der Waals surface area (Å²) in [5.41, 5.74) is 0.991. The molecule has 0 fully saturated rings. The van der Waals surface area contributed by atoms with Crippen LogP contribution in [0.2, 0.25) is 0 Å². The van der Waals surface area contributed by atoms with Gasteiger partial charge in [0.15, 0.2) is 0 Å². The second-order valence-corrected chi connectivity index (χ2v) is 3.41. The molecule has 0 aromatic carbocycles. The van der Waals surface area contributed by atoms with Gasteiger partial charge in [-0.2, -0.15) is 0 Å². The van der Waals surface area contributed by atoms with E-state index in [0.29, 0.717) is 0 Å². The maximum atomic E-state index is 9.99. The highest BCUT2D eigenvalue weighted by Gasteiger charge is 1.98. The van der Waals surface area contributed by atoms with Crippen molar-refractivity contribution in [2.75, 3.05) is 0 Å².